The number of rotatable bonds is 10. The average molecular weight is 593 g/mol. The lowest BCUT2D eigenvalue weighted by Crippen LogP contribution is -2.44. The zero-order valence-corrected chi connectivity index (χ0v) is 27.4. The second-order valence-corrected chi connectivity index (χ2v) is 12.2. The Morgan fingerprint density at radius 1 is 0.907 bits per heavy atom. The SMILES string of the molecule is CCC1/C=C2/CCCN(Cc3cc(OC)cc(C(C)C)c3)CCN(CCOC)C(=O)C2CCc2cc(OC)cc(OC)c21. The third-order valence-corrected chi connectivity index (χ3v) is 9.13. The Balaban J connectivity index is 1.67. The van der Waals surface area contributed by atoms with E-state index in [2.05, 4.69) is 56.0 Å². The molecule has 2 aromatic rings. The van der Waals surface area contributed by atoms with Crippen molar-refractivity contribution in [2.45, 2.75) is 71.3 Å². The Labute approximate surface area is 259 Å². The van der Waals surface area contributed by atoms with Gasteiger partial charge in [-0.2, -0.15) is 0 Å². The molecule has 43 heavy (non-hydrogen) atoms. The van der Waals surface area contributed by atoms with Crippen molar-refractivity contribution in [2.24, 2.45) is 5.92 Å². The van der Waals surface area contributed by atoms with Gasteiger partial charge in [-0.1, -0.05) is 38.5 Å². The van der Waals surface area contributed by atoms with Crippen LogP contribution in [0.15, 0.2) is 42.0 Å². The molecule has 1 aliphatic heterocycles. The second kappa shape index (κ2) is 15.6. The minimum atomic E-state index is -0.130. The van der Waals surface area contributed by atoms with Crippen molar-refractivity contribution in [3.8, 4) is 17.2 Å². The maximum atomic E-state index is 14.3. The van der Waals surface area contributed by atoms with E-state index in [0.717, 1.165) is 69.0 Å². The van der Waals surface area contributed by atoms with Crippen LogP contribution in [0.4, 0.5) is 0 Å². The van der Waals surface area contributed by atoms with Crippen molar-refractivity contribution in [3.05, 3.63) is 64.2 Å². The van der Waals surface area contributed by atoms with Crippen LogP contribution in [0.2, 0.25) is 0 Å². The normalized spacial score (nSPS) is 21.3. The van der Waals surface area contributed by atoms with Crippen LogP contribution in [-0.4, -0.2) is 76.9 Å². The number of methoxy groups -OCH3 is 4. The van der Waals surface area contributed by atoms with E-state index >= 15 is 0 Å². The summed E-state index contributed by atoms with van der Waals surface area (Å²) in [5, 5.41) is 0. The van der Waals surface area contributed by atoms with Gasteiger partial charge in [-0.25, -0.2) is 0 Å². The largest absolute Gasteiger partial charge is 0.497 e. The molecule has 2 atom stereocenters. The number of fused-ring (bicyclic) bond motifs is 2. The van der Waals surface area contributed by atoms with Crippen molar-refractivity contribution < 1.29 is 23.7 Å². The maximum absolute atomic E-state index is 14.3. The molecule has 2 unspecified atom stereocenters. The van der Waals surface area contributed by atoms with E-state index in [1.165, 1.54) is 27.8 Å². The van der Waals surface area contributed by atoms with Crippen LogP contribution in [0.25, 0.3) is 0 Å². The Bertz CT molecular complexity index is 1260. The molecule has 2 aliphatic rings. The summed E-state index contributed by atoms with van der Waals surface area (Å²) in [5.41, 5.74) is 6.26. The molecule has 7 heteroatoms. The number of nitrogens with zero attached hydrogens (tertiary/aromatic N) is 2. The Kier molecular flexibility index (Phi) is 11.9. The minimum absolute atomic E-state index is 0.130. The van der Waals surface area contributed by atoms with Gasteiger partial charge >= 0.3 is 0 Å². The zero-order valence-electron chi connectivity index (χ0n) is 27.4. The number of allylic oxidation sites excluding steroid dienone is 1. The number of hydrogen-bond donors (Lipinski definition) is 0. The van der Waals surface area contributed by atoms with Gasteiger partial charge in [0.25, 0.3) is 0 Å². The van der Waals surface area contributed by atoms with Gasteiger partial charge in [0.1, 0.15) is 17.2 Å². The molecule has 236 valence electrons. The number of amides is 1. The molecule has 0 saturated carbocycles. The van der Waals surface area contributed by atoms with Crippen molar-refractivity contribution in [1.82, 2.24) is 9.80 Å². The summed E-state index contributed by atoms with van der Waals surface area (Å²) in [6, 6.07) is 10.7. The third kappa shape index (κ3) is 8.12. The first-order chi connectivity index (χ1) is 20.8. The summed E-state index contributed by atoms with van der Waals surface area (Å²) in [7, 11) is 6.87. The first-order valence-electron chi connectivity index (χ1n) is 15.9. The molecule has 0 radical (unpaired) electrons. The molecule has 1 aliphatic carbocycles. The van der Waals surface area contributed by atoms with E-state index in [1.807, 2.05) is 11.0 Å². The summed E-state index contributed by atoms with van der Waals surface area (Å²) >= 11 is 0. The van der Waals surface area contributed by atoms with Crippen molar-refractivity contribution in [2.75, 3.05) is 61.2 Å². The highest BCUT2D eigenvalue weighted by Gasteiger charge is 2.32. The zero-order chi connectivity index (χ0) is 30.9. The van der Waals surface area contributed by atoms with E-state index in [1.54, 1.807) is 28.4 Å². The molecule has 0 spiro atoms. The van der Waals surface area contributed by atoms with Gasteiger partial charge in [0.15, 0.2) is 0 Å². The lowest BCUT2D eigenvalue weighted by Gasteiger charge is -2.35. The van der Waals surface area contributed by atoms with Gasteiger partial charge in [0, 0.05) is 50.8 Å². The molecule has 0 aromatic heterocycles. The average Bonchev–Trinajstić information content (AvgIpc) is 3.01. The van der Waals surface area contributed by atoms with Gasteiger partial charge in [0.2, 0.25) is 5.91 Å². The van der Waals surface area contributed by atoms with Crippen molar-refractivity contribution >= 4 is 5.91 Å². The first-order valence-corrected chi connectivity index (χ1v) is 15.9. The Morgan fingerprint density at radius 3 is 2.35 bits per heavy atom. The van der Waals surface area contributed by atoms with E-state index < -0.39 is 0 Å². The summed E-state index contributed by atoms with van der Waals surface area (Å²) < 4.78 is 22.6. The minimum Gasteiger partial charge on any atom is -0.497 e. The maximum Gasteiger partial charge on any atom is 0.229 e. The Hall–Kier alpha value is -3.03. The van der Waals surface area contributed by atoms with Crippen molar-refractivity contribution in [3.63, 3.8) is 0 Å². The number of aryl methyl sites for hydroxylation is 1. The molecule has 2 aromatic carbocycles. The van der Waals surface area contributed by atoms with Gasteiger partial charge in [-0.3, -0.25) is 9.69 Å². The van der Waals surface area contributed by atoms with E-state index in [4.69, 9.17) is 18.9 Å². The van der Waals surface area contributed by atoms with E-state index in [0.29, 0.717) is 25.6 Å². The first kappa shape index (κ1) is 32.9. The summed E-state index contributed by atoms with van der Waals surface area (Å²) in [6.07, 6.45) is 6.84. The standard InChI is InChI=1S/C36H52N2O5/c1-8-27-20-28-10-9-13-37(24-26-18-30(25(2)3)22-31(19-26)41-5)14-15-38(16-17-40-4)36(39)33(28)12-11-29-21-32(42-6)23-34(43-7)35(27)29/h18-23,25,27,33H,8-17,24H2,1-7H3/b28-20-. The highest BCUT2D eigenvalue weighted by atomic mass is 16.5. The van der Waals surface area contributed by atoms with Gasteiger partial charge in [-0.15, -0.1) is 0 Å². The molecular formula is C36H52N2O5. The van der Waals surface area contributed by atoms with Gasteiger partial charge in [0.05, 0.1) is 33.9 Å². The smallest absolute Gasteiger partial charge is 0.229 e. The summed E-state index contributed by atoms with van der Waals surface area (Å²) in [4.78, 5) is 18.9. The van der Waals surface area contributed by atoms with E-state index in [9.17, 15) is 4.79 Å². The molecule has 1 fully saturated rings. The highest BCUT2D eigenvalue weighted by molar-refractivity contribution is 5.82. The molecule has 0 bridgehead atoms. The lowest BCUT2D eigenvalue weighted by molar-refractivity contribution is -0.135. The number of carbonyl (C=O) groups excluding carboxylic acids is 1. The van der Waals surface area contributed by atoms with E-state index in [-0.39, 0.29) is 17.7 Å². The lowest BCUT2D eigenvalue weighted by atomic mass is 9.78. The van der Waals surface area contributed by atoms with Crippen molar-refractivity contribution in [1.29, 1.82) is 0 Å². The summed E-state index contributed by atoms with van der Waals surface area (Å²) in [6.45, 7) is 11.1. The molecule has 4 rings (SSSR count). The topological polar surface area (TPSA) is 60.5 Å². The van der Waals surface area contributed by atoms with Crippen LogP contribution >= 0.6 is 0 Å². The molecule has 1 saturated heterocycles. The third-order valence-electron chi connectivity index (χ3n) is 9.13. The van der Waals surface area contributed by atoms with Crippen LogP contribution in [0, 0.1) is 5.92 Å². The number of carbonyl (C=O) groups is 1. The van der Waals surface area contributed by atoms with Crippen LogP contribution in [0.5, 0.6) is 17.2 Å². The Morgan fingerprint density at radius 2 is 1.67 bits per heavy atom. The van der Waals surface area contributed by atoms with Gasteiger partial charge < -0.3 is 23.8 Å². The van der Waals surface area contributed by atoms with Gasteiger partial charge in [-0.05, 0) is 79.5 Å². The number of benzene rings is 2. The number of ether oxygens (including phenoxy) is 4. The fourth-order valence-corrected chi connectivity index (χ4v) is 6.66. The fraction of sp³-hybridized carbons (Fsp3) is 0.583. The van der Waals surface area contributed by atoms with Crippen LogP contribution < -0.4 is 14.2 Å². The highest BCUT2D eigenvalue weighted by Crippen LogP contribution is 2.42. The second-order valence-electron chi connectivity index (χ2n) is 12.2. The van der Waals surface area contributed by atoms with Crippen LogP contribution in [0.1, 0.15) is 80.5 Å². The molecule has 1 heterocycles. The predicted octanol–water partition coefficient (Wildman–Crippen LogP) is 6.59. The molecular weight excluding hydrogens is 540 g/mol. The summed E-state index contributed by atoms with van der Waals surface area (Å²) in [5.74, 6) is 3.27. The fourth-order valence-electron chi connectivity index (χ4n) is 6.66. The quantitative estimate of drug-likeness (QED) is 0.290. The van der Waals surface area contributed by atoms with Crippen LogP contribution in [0.3, 0.4) is 0 Å². The van der Waals surface area contributed by atoms with Crippen LogP contribution in [-0.2, 0) is 22.5 Å². The number of hydrogen-bond acceptors (Lipinski definition) is 6. The monoisotopic (exact) mass is 592 g/mol. The predicted molar refractivity (Wildman–Crippen MR) is 173 cm³/mol. The molecule has 7 nitrogen and oxygen atoms in total. The molecule has 0 N–H and O–H groups in total. The molecule has 1 amide bonds.